The summed E-state index contributed by atoms with van der Waals surface area (Å²) >= 11 is 0. The van der Waals surface area contributed by atoms with Crippen LogP contribution in [0.1, 0.15) is 16.7 Å². The van der Waals surface area contributed by atoms with Gasteiger partial charge in [-0.05, 0) is 36.6 Å². The predicted molar refractivity (Wildman–Crippen MR) is 111 cm³/mol. The molecule has 2 aromatic rings. The fraction of sp³-hybridized carbons (Fsp3) is 0.435. The van der Waals surface area contributed by atoms with Crippen molar-refractivity contribution in [1.29, 1.82) is 0 Å². The summed E-state index contributed by atoms with van der Waals surface area (Å²) in [6.45, 7) is 5.57. The van der Waals surface area contributed by atoms with Gasteiger partial charge in [-0.3, -0.25) is 4.79 Å². The Labute approximate surface area is 176 Å². The van der Waals surface area contributed by atoms with E-state index in [0.717, 1.165) is 38.3 Å². The molecule has 30 heavy (non-hydrogen) atoms. The number of piperazine rings is 1. The highest BCUT2D eigenvalue weighted by molar-refractivity contribution is 5.76. The lowest BCUT2D eigenvalue weighted by Gasteiger charge is -2.29. The lowest BCUT2D eigenvalue weighted by atomic mass is 10.1. The molecule has 1 heterocycles. The zero-order valence-corrected chi connectivity index (χ0v) is 17.4. The number of carbonyl (C=O) groups excluding carboxylic acids is 1. The Morgan fingerprint density at radius 2 is 1.70 bits per heavy atom. The molecule has 3 N–H and O–H groups in total. The minimum Gasteiger partial charge on any atom is -0.435 e. The van der Waals surface area contributed by atoms with Gasteiger partial charge in [-0.15, -0.1) is 0 Å². The van der Waals surface area contributed by atoms with Crippen molar-refractivity contribution < 1.29 is 28.1 Å². The average molecular weight is 420 g/mol. The quantitative estimate of drug-likeness (QED) is 0.545. The maximum atomic E-state index is 12.3. The summed E-state index contributed by atoms with van der Waals surface area (Å²) in [7, 11) is 0. The summed E-state index contributed by atoms with van der Waals surface area (Å²) in [5, 5.41) is 2.97. The fourth-order valence-corrected chi connectivity index (χ4v) is 3.86. The van der Waals surface area contributed by atoms with Crippen molar-refractivity contribution in [2.45, 2.75) is 26.5 Å². The molecule has 1 amide bonds. The molecular weight excluding hydrogens is 388 g/mol. The number of hydrogen-bond acceptors (Lipinski definition) is 2. The van der Waals surface area contributed by atoms with Crippen LogP contribution in [0.2, 0.25) is 0 Å². The van der Waals surface area contributed by atoms with Gasteiger partial charge in [0.05, 0.1) is 0 Å². The molecule has 7 heteroatoms. The Hall–Kier alpha value is -2.51. The Bertz CT molecular complexity index is 806. The lowest BCUT2D eigenvalue weighted by molar-refractivity contribution is -1.02. The fourth-order valence-electron chi connectivity index (χ4n) is 3.86. The van der Waals surface area contributed by atoms with Crippen LogP contribution in [0, 0.1) is 6.92 Å². The normalized spacial score (nSPS) is 18.9. The van der Waals surface area contributed by atoms with E-state index in [9.17, 15) is 13.6 Å². The number of aryl methyl sites for hydroxylation is 1. The van der Waals surface area contributed by atoms with E-state index >= 15 is 0 Å². The number of halogens is 2. The Morgan fingerprint density at radius 3 is 2.37 bits per heavy atom. The maximum Gasteiger partial charge on any atom is 0.387 e. The number of nitrogens with one attached hydrogen (secondary N) is 3. The van der Waals surface area contributed by atoms with Crippen molar-refractivity contribution in [3.05, 3.63) is 65.2 Å². The number of ether oxygens (including phenoxy) is 1. The van der Waals surface area contributed by atoms with Crippen molar-refractivity contribution in [3.63, 3.8) is 0 Å². The van der Waals surface area contributed by atoms with Gasteiger partial charge >= 0.3 is 6.61 Å². The average Bonchev–Trinajstić information content (AvgIpc) is 2.72. The van der Waals surface area contributed by atoms with Gasteiger partial charge in [-0.25, -0.2) is 0 Å². The molecule has 1 saturated heterocycles. The topological polar surface area (TPSA) is 47.2 Å². The van der Waals surface area contributed by atoms with E-state index in [1.165, 1.54) is 28.2 Å². The highest BCUT2D eigenvalue weighted by Gasteiger charge is 2.25. The SMILES string of the molecule is Cc1ccccc1C[NH+]1CC[NH+](CC(=O)NCCc2ccc(OC(F)F)cc2)CC1. The van der Waals surface area contributed by atoms with Gasteiger partial charge in [0.25, 0.3) is 5.91 Å². The van der Waals surface area contributed by atoms with Gasteiger partial charge in [0.1, 0.15) is 38.5 Å². The van der Waals surface area contributed by atoms with Crippen LogP contribution < -0.4 is 19.9 Å². The summed E-state index contributed by atoms with van der Waals surface area (Å²) in [6.07, 6.45) is 0.657. The third-order valence-electron chi connectivity index (χ3n) is 5.66. The summed E-state index contributed by atoms with van der Waals surface area (Å²) < 4.78 is 28.7. The standard InChI is InChI=1S/C23H29F2N3O2/c1-18-4-2-3-5-20(18)16-27-12-14-28(15-13-27)17-22(29)26-11-10-19-6-8-21(9-7-19)30-23(24)25/h2-9,23H,10-17H2,1H3,(H,26,29)/p+2. The molecule has 3 rings (SSSR count). The smallest absolute Gasteiger partial charge is 0.387 e. The van der Waals surface area contributed by atoms with Gasteiger partial charge in [0.2, 0.25) is 0 Å². The van der Waals surface area contributed by atoms with E-state index in [4.69, 9.17) is 0 Å². The van der Waals surface area contributed by atoms with Gasteiger partial charge in [0, 0.05) is 12.1 Å². The molecule has 0 radical (unpaired) electrons. The summed E-state index contributed by atoms with van der Waals surface area (Å²) in [6, 6.07) is 15.1. The molecule has 0 unspecified atom stereocenters. The molecule has 0 spiro atoms. The first-order valence-corrected chi connectivity index (χ1v) is 10.5. The van der Waals surface area contributed by atoms with Crippen LogP contribution in [0.15, 0.2) is 48.5 Å². The molecule has 0 atom stereocenters. The van der Waals surface area contributed by atoms with Crippen molar-refractivity contribution in [2.24, 2.45) is 0 Å². The van der Waals surface area contributed by atoms with Crippen LogP contribution in [-0.2, 0) is 17.8 Å². The Balaban J connectivity index is 1.32. The molecule has 0 aliphatic carbocycles. The number of rotatable bonds is 9. The molecule has 0 saturated carbocycles. The number of carbonyl (C=O) groups is 1. The van der Waals surface area contributed by atoms with E-state index in [2.05, 4.69) is 41.2 Å². The molecule has 1 fully saturated rings. The first-order valence-electron chi connectivity index (χ1n) is 10.5. The van der Waals surface area contributed by atoms with Crippen molar-refractivity contribution in [2.75, 3.05) is 39.3 Å². The first-order chi connectivity index (χ1) is 14.5. The molecule has 0 bridgehead atoms. The summed E-state index contributed by atoms with van der Waals surface area (Å²) in [5.74, 6) is 0.204. The minimum absolute atomic E-state index is 0.0602. The van der Waals surface area contributed by atoms with E-state index < -0.39 is 6.61 Å². The maximum absolute atomic E-state index is 12.3. The van der Waals surface area contributed by atoms with E-state index in [-0.39, 0.29) is 11.7 Å². The van der Waals surface area contributed by atoms with Crippen LogP contribution in [0.3, 0.4) is 0 Å². The van der Waals surface area contributed by atoms with Crippen LogP contribution in [0.5, 0.6) is 5.75 Å². The second kappa shape index (κ2) is 11.0. The third-order valence-corrected chi connectivity index (χ3v) is 5.66. The molecule has 162 valence electrons. The molecule has 2 aromatic carbocycles. The van der Waals surface area contributed by atoms with Crippen LogP contribution in [0.25, 0.3) is 0 Å². The van der Waals surface area contributed by atoms with Crippen molar-refractivity contribution in [1.82, 2.24) is 5.32 Å². The zero-order chi connectivity index (χ0) is 21.3. The molecular formula is C23H31F2N3O2+2. The number of hydrogen-bond donors (Lipinski definition) is 3. The van der Waals surface area contributed by atoms with Crippen molar-refractivity contribution in [3.8, 4) is 5.75 Å². The molecule has 5 nitrogen and oxygen atoms in total. The number of benzene rings is 2. The summed E-state index contributed by atoms with van der Waals surface area (Å²) in [4.78, 5) is 15.2. The Kier molecular flexibility index (Phi) is 8.16. The Morgan fingerprint density at radius 1 is 1.03 bits per heavy atom. The van der Waals surface area contributed by atoms with E-state index in [1.54, 1.807) is 17.0 Å². The van der Waals surface area contributed by atoms with E-state index in [1.807, 2.05) is 0 Å². The highest BCUT2D eigenvalue weighted by atomic mass is 19.3. The number of quaternary nitrogens is 2. The van der Waals surface area contributed by atoms with Crippen LogP contribution in [0.4, 0.5) is 8.78 Å². The largest absolute Gasteiger partial charge is 0.435 e. The number of amides is 1. The minimum atomic E-state index is -2.82. The predicted octanol–water partition coefficient (Wildman–Crippen LogP) is 0.239. The molecule has 1 aliphatic heterocycles. The van der Waals surface area contributed by atoms with Gasteiger partial charge < -0.3 is 19.9 Å². The van der Waals surface area contributed by atoms with E-state index in [0.29, 0.717) is 19.5 Å². The number of alkyl halides is 2. The van der Waals surface area contributed by atoms with Crippen molar-refractivity contribution >= 4 is 5.91 Å². The zero-order valence-electron chi connectivity index (χ0n) is 17.4. The van der Waals surface area contributed by atoms with Crippen LogP contribution in [-0.4, -0.2) is 51.8 Å². The molecule has 0 aromatic heterocycles. The molecule has 1 aliphatic rings. The second-order valence-electron chi connectivity index (χ2n) is 7.90. The lowest BCUT2D eigenvalue weighted by Crippen LogP contribution is -3.28. The van der Waals surface area contributed by atoms with Gasteiger partial charge in [-0.2, -0.15) is 8.78 Å². The second-order valence-corrected chi connectivity index (χ2v) is 7.90. The third kappa shape index (κ3) is 7.07. The van der Waals surface area contributed by atoms with Crippen LogP contribution >= 0.6 is 0 Å². The highest BCUT2D eigenvalue weighted by Crippen LogP contribution is 2.14. The first kappa shape index (κ1) is 22.2. The monoisotopic (exact) mass is 419 g/mol. The van der Waals surface area contributed by atoms with Gasteiger partial charge in [-0.1, -0.05) is 36.4 Å². The van der Waals surface area contributed by atoms with Gasteiger partial charge in [0.15, 0.2) is 6.54 Å². The summed E-state index contributed by atoms with van der Waals surface area (Å²) in [5.41, 5.74) is 3.72.